The molecule has 0 aromatic rings. The normalized spacial score (nSPS) is 10.8. The summed E-state index contributed by atoms with van der Waals surface area (Å²) in [6.45, 7) is 1.51. The molecule has 0 atom stereocenters. The molecule has 0 nitrogen and oxygen atoms in total. The summed E-state index contributed by atoms with van der Waals surface area (Å²) in [5.41, 5.74) is 0. The van der Waals surface area contributed by atoms with Crippen LogP contribution in [0.2, 0.25) is 0 Å². The number of hydrogen-bond acceptors (Lipinski definition) is 1. The number of halogens is 2. The highest BCUT2D eigenvalue weighted by Crippen LogP contribution is 2.46. The third kappa shape index (κ3) is 9.36. The molecule has 0 saturated carbocycles. The Morgan fingerprint density at radius 1 is 1.30 bits per heavy atom. The monoisotopic (exact) mass is 218 g/mol. The van der Waals surface area contributed by atoms with E-state index in [0.717, 1.165) is 11.9 Å². The van der Waals surface area contributed by atoms with Gasteiger partial charge >= 0.3 is 0 Å². The highest BCUT2D eigenvalue weighted by atomic mass is 35.9. The van der Waals surface area contributed by atoms with E-state index in [4.69, 9.17) is 22.5 Å². The van der Waals surface area contributed by atoms with Crippen molar-refractivity contribution in [3.05, 3.63) is 0 Å². The SMILES string of the molecule is CCCCSCCP(Cl)Cl. The fraction of sp³-hybridized carbons (Fsp3) is 1.00. The van der Waals surface area contributed by atoms with Gasteiger partial charge in [-0.1, -0.05) is 35.8 Å². The van der Waals surface area contributed by atoms with Gasteiger partial charge in [-0.25, -0.2) is 0 Å². The minimum atomic E-state index is -0.698. The van der Waals surface area contributed by atoms with Crippen LogP contribution in [0.15, 0.2) is 0 Å². The van der Waals surface area contributed by atoms with E-state index in [0.29, 0.717) is 0 Å². The molecule has 0 fully saturated rings. The van der Waals surface area contributed by atoms with Crippen LogP contribution in [0.1, 0.15) is 19.8 Å². The van der Waals surface area contributed by atoms with Gasteiger partial charge in [0.05, 0.1) is 6.63 Å². The molecule has 0 N–H and O–H groups in total. The Balaban J connectivity index is 2.77. The van der Waals surface area contributed by atoms with Gasteiger partial charge in [-0.15, -0.1) is 0 Å². The van der Waals surface area contributed by atoms with E-state index in [2.05, 4.69) is 6.92 Å². The molecule has 0 spiro atoms. The first-order chi connectivity index (χ1) is 4.77. The molecule has 0 heterocycles. The van der Waals surface area contributed by atoms with Gasteiger partial charge in [0.2, 0.25) is 0 Å². The Hall–Kier alpha value is 1.36. The van der Waals surface area contributed by atoms with Crippen molar-refractivity contribution in [2.45, 2.75) is 19.8 Å². The molecular formula is C6H13Cl2PS. The predicted octanol–water partition coefficient (Wildman–Crippen LogP) is 4.31. The van der Waals surface area contributed by atoms with Crippen LogP contribution >= 0.6 is 40.9 Å². The van der Waals surface area contributed by atoms with Gasteiger partial charge in [-0.2, -0.15) is 11.8 Å². The van der Waals surface area contributed by atoms with Gasteiger partial charge in [0.25, 0.3) is 0 Å². The summed E-state index contributed by atoms with van der Waals surface area (Å²) in [4.78, 5) is 0. The molecule has 0 radical (unpaired) electrons. The largest absolute Gasteiger partial charge is 0.162 e. The fourth-order valence-electron chi connectivity index (χ4n) is 0.482. The summed E-state index contributed by atoms with van der Waals surface area (Å²) < 4.78 is 0. The Kier molecular flexibility index (Phi) is 9.61. The molecule has 4 heteroatoms. The summed E-state index contributed by atoms with van der Waals surface area (Å²) in [5.74, 6) is 2.38. The van der Waals surface area contributed by atoms with Crippen LogP contribution in [0.25, 0.3) is 0 Å². The van der Waals surface area contributed by atoms with Crippen molar-refractivity contribution in [3.63, 3.8) is 0 Å². The molecule has 0 saturated heterocycles. The van der Waals surface area contributed by atoms with E-state index in [-0.39, 0.29) is 0 Å². The molecule has 0 rings (SSSR count). The lowest BCUT2D eigenvalue weighted by atomic mass is 10.4. The summed E-state index contributed by atoms with van der Waals surface area (Å²) >= 11 is 13.2. The van der Waals surface area contributed by atoms with E-state index >= 15 is 0 Å². The van der Waals surface area contributed by atoms with Crippen LogP contribution in [0.5, 0.6) is 0 Å². The van der Waals surface area contributed by atoms with Gasteiger partial charge in [0.15, 0.2) is 0 Å². The van der Waals surface area contributed by atoms with Crippen LogP contribution < -0.4 is 0 Å². The lowest BCUT2D eigenvalue weighted by molar-refractivity contribution is 0.896. The first-order valence-electron chi connectivity index (χ1n) is 3.44. The fourth-order valence-corrected chi connectivity index (χ4v) is 3.49. The average Bonchev–Trinajstić information content (AvgIpc) is 1.87. The Labute approximate surface area is 78.4 Å². The molecular weight excluding hydrogens is 206 g/mol. The van der Waals surface area contributed by atoms with Crippen LogP contribution in [0.4, 0.5) is 0 Å². The zero-order chi connectivity index (χ0) is 7.82. The zero-order valence-corrected chi connectivity index (χ0v) is 9.37. The van der Waals surface area contributed by atoms with Gasteiger partial charge in [-0.05, 0) is 17.9 Å². The average molecular weight is 219 g/mol. The van der Waals surface area contributed by atoms with Gasteiger partial charge < -0.3 is 0 Å². The van der Waals surface area contributed by atoms with Crippen LogP contribution in [-0.2, 0) is 0 Å². The first kappa shape index (κ1) is 11.4. The number of rotatable bonds is 6. The predicted molar refractivity (Wildman–Crippen MR) is 55.7 cm³/mol. The minimum absolute atomic E-state index is 0.698. The van der Waals surface area contributed by atoms with E-state index in [1.807, 2.05) is 11.8 Å². The molecule has 0 aromatic carbocycles. The minimum Gasteiger partial charge on any atom is -0.162 e. The second-order valence-corrected chi connectivity index (χ2v) is 7.24. The molecule has 0 aliphatic heterocycles. The van der Waals surface area contributed by atoms with E-state index in [1.165, 1.54) is 18.6 Å². The summed E-state index contributed by atoms with van der Waals surface area (Å²) in [7, 11) is 0. The van der Waals surface area contributed by atoms with Crippen molar-refractivity contribution < 1.29 is 0 Å². The van der Waals surface area contributed by atoms with Crippen molar-refractivity contribution in [1.82, 2.24) is 0 Å². The van der Waals surface area contributed by atoms with Crippen molar-refractivity contribution in [2.75, 3.05) is 17.7 Å². The molecule has 0 aromatic heterocycles. The molecule has 62 valence electrons. The lowest BCUT2D eigenvalue weighted by Crippen LogP contribution is -1.84. The molecule has 0 bridgehead atoms. The first-order valence-corrected chi connectivity index (χ1v) is 7.93. The van der Waals surface area contributed by atoms with E-state index in [1.54, 1.807) is 0 Å². The van der Waals surface area contributed by atoms with Crippen LogP contribution in [0.3, 0.4) is 0 Å². The number of unbranched alkanes of at least 4 members (excludes halogenated alkanes) is 1. The third-order valence-electron chi connectivity index (χ3n) is 1.05. The van der Waals surface area contributed by atoms with Gasteiger partial charge in [-0.3, -0.25) is 0 Å². The van der Waals surface area contributed by atoms with Gasteiger partial charge in [0.1, 0.15) is 0 Å². The topological polar surface area (TPSA) is 0 Å². The lowest BCUT2D eigenvalue weighted by Gasteiger charge is -1.99. The molecule has 0 aliphatic rings. The quantitative estimate of drug-likeness (QED) is 0.473. The standard InChI is InChI=1S/C6H13Cl2PS/c1-2-3-5-10-6-4-9(7)8/h2-6H2,1H3. The molecule has 10 heavy (non-hydrogen) atoms. The number of thioether (sulfide) groups is 1. The maximum atomic E-state index is 5.61. The van der Waals surface area contributed by atoms with Gasteiger partial charge in [0, 0.05) is 6.16 Å². The zero-order valence-electron chi connectivity index (χ0n) is 6.15. The second kappa shape index (κ2) is 8.46. The Morgan fingerprint density at radius 2 is 2.00 bits per heavy atom. The number of hydrogen-bond donors (Lipinski definition) is 0. The van der Waals surface area contributed by atoms with E-state index in [9.17, 15) is 0 Å². The van der Waals surface area contributed by atoms with Crippen molar-refractivity contribution in [3.8, 4) is 0 Å². The maximum absolute atomic E-state index is 5.61. The Bertz CT molecular complexity index is 70.8. The van der Waals surface area contributed by atoms with E-state index < -0.39 is 6.63 Å². The third-order valence-corrected chi connectivity index (χ3v) is 4.00. The van der Waals surface area contributed by atoms with Crippen molar-refractivity contribution >= 4 is 40.9 Å². The highest BCUT2D eigenvalue weighted by Gasteiger charge is 1.97. The van der Waals surface area contributed by atoms with Crippen LogP contribution in [0, 0.1) is 0 Å². The Morgan fingerprint density at radius 3 is 2.50 bits per heavy atom. The van der Waals surface area contributed by atoms with Crippen molar-refractivity contribution in [1.29, 1.82) is 0 Å². The smallest absolute Gasteiger partial charge is 0.0862 e. The second-order valence-electron chi connectivity index (χ2n) is 1.99. The summed E-state index contributed by atoms with van der Waals surface area (Å²) in [5, 5.41) is 0. The molecule has 0 aliphatic carbocycles. The van der Waals surface area contributed by atoms with Crippen LogP contribution in [-0.4, -0.2) is 17.7 Å². The molecule has 0 unspecified atom stereocenters. The molecule has 0 amide bonds. The summed E-state index contributed by atoms with van der Waals surface area (Å²) in [6.07, 6.45) is 3.57. The van der Waals surface area contributed by atoms with Crippen molar-refractivity contribution in [2.24, 2.45) is 0 Å². The highest BCUT2D eigenvalue weighted by molar-refractivity contribution is 8.05. The summed E-state index contributed by atoms with van der Waals surface area (Å²) in [6, 6.07) is 0. The maximum Gasteiger partial charge on any atom is 0.0862 e.